The molecule has 146 valence electrons. The van der Waals surface area contributed by atoms with Gasteiger partial charge in [0.1, 0.15) is 23.4 Å². The van der Waals surface area contributed by atoms with E-state index in [1.807, 2.05) is 0 Å². The molecule has 0 heterocycles. The zero-order chi connectivity index (χ0) is 19.6. The third-order valence-electron chi connectivity index (χ3n) is 3.79. The summed E-state index contributed by atoms with van der Waals surface area (Å²) in [5, 5.41) is 10.4. The first kappa shape index (κ1) is 20.7. The molecule has 1 atom stereocenters. The summed E-state index contributed by atoms with van der Waals surface area (Å²) >= 11 is 0. The van der Waals surface area contributed by atoms with Crippen molar-refractivity contribution in [2.75, 3.05) is 34.9 Å². The number of rotatable bonds is 11. The van der Waals surface area contributed by atoms with Crippen LogP contribution in [0.5, 0.6) is 17.2 Å². The monoisotopic (exact) mass is 376 g/mol. The molecule has 0 spiro atoms. The van der Waals surface area contributed by atoms with Gasteiger partial charge in [-0.05, 0) is 29.8 Å². The van der Waals surface area contributed by atoms with Gasteiger partial charge in [-0.3, -0.25) is 4.79 Å². The molecular weight excluding hydrogens is 352 g/mol. The second kappa shape index (κ2) is 10.5. The van der Waals surface area contributed by atoms with Crippen LogP contribution in [0.4, 0.5) is 0 Å². The normalized spacial score (nSPS) is 11.7. The summed E-state index contributed by atoms with van der Waals surface area (Å²) in [5.74, 6) is 1.00. The fourth-order valence-electron chi connectivity index (χ4n) is 2.42. The summed E-state index contributed by atoms with van der Waals surface area (Å²) in [4.78, 5) is 12.7. The van der Waals surface area contributed by atoms with Crippen molar-refractivity contribution in [1.82, 2.24) is 0 Å². The summed E-state index contributed by atoms with van der Waals surface area (Å²) in [7, 11) is 4.57. The van der Waals surface area contributed by atoms with Crippen LogP contribution in [0.15, 0.2) is 42.5 Å². The number of hydrogen-bond donors (Lipinski definition) is 1. The predicted octanol–water partition coefficient (Wildman–Crippen LogP) is 2.45. The topological polar surface area (TPSA) is 83.5 Å². The van der Waals surface area contributed by atoms with Crippen molar-refractivity contribution in [3.63, 3.8) is 0 Å². The number of carbonyl (C=O) groups is 1. The highest BCUT2D eigenvalue weighted by Gasteiger charge is 2.22. The Bertz CT molecular complexity index is 728. The van der Waals surface area contributed by atoms with E-state index < -0.39 is 11.9 Å². The maximum atomic E-state index is 12.7. The molecule has 2 aromatic rings. The highest BCUT2D eigenvalue weighted by molar-refractivity contribution is 6.02. The van der Waals surface area contributed by atoms with E-state index in [-0.39, 0.29) is 31.3 Å². The smallest absolute Gasteiger partial charge is 0.195 e. The lowest BCUT2D eigenvalue weighted by molar-refractivity contribution is 0.0449. The molecule has 0 aromatic heterocycles. The molecule has 0 aliphatic carbocycles. The Hall–Kier alpha value is -2.61. The summed E-state index contributed by atoms with van der Waals surface area (Å²) in [6, 6.07) is 11.9. The van der Waals surface area contributed by atoms with E-state index >= 15 is 0 Å². The predicted molar refractivity (Wildman–Crippen MR) is 98.5 cm³/mol. The summed E-state index contributed by atoms with van der Waals surface area (Å²) < 4.78 is 25.7. The zero-order valence-corrected chi connectivity index (χ0v) is 15.6. The number of Topliss-reactive ketones (excluding diaryl/α,β-unsaturated/α-hetero) is 1. The maximum absolute atomic E-state index is 12.7. The van der Waals surface area contributed by atoms with Gasteiger partial charge >= 0.3 is 0 Å². The largest absolute Gasteiger partial charge is 0.497 e. The third kappa shape index (κ3) is 5.96. The van der Waals surface area contributed by atoms with Gasteiger partial charge in [0, 0.05) is 26.7 Å². The summed E-state index contributed by atoms with van der Waals surface area (Å²) in [6.07, 6.45) is -1.04. The van der Waals surface area contributed by atoms with E-state index in [0.29, 0.717) is 11.5 Å². The number of methoxy groups -OCH3 is 3. The van der Waals surface area contributed by atoms with Crippen molar-refractivity contribution < 1.29 is 33.6 Å². The quantitative estimate of drug-likeness (QED) is 0.476. The Morgan fingerprint density at radius 2 is 1.56 bits per heavy atom. The fourth-order valence-corrected chi connectivity index (χ4v) is 2.42. The minimum Gasteiger partial charge on any atom is -0.497 e. The van der Waals surface area contributed by atoms with Crippen LogP contribution in [0.1, 0.15) is 15.9 Å². The molecule has 7 heteroatoms. The van der Waals surface area contributed by atoms with Gasteiger partial charge in [0.2, 0.25) is 0 Å². The molecule has 1 N–H and O–H groups in total. The van der Waals surface area contributed by atoms with Gasteiger partial charge < -0.3 is 28.8 Å². The van der Waals surface area contributed by atoms with E-state index in [4.69, 9.17) is 23.7 Å². The highest BCUT2D eigenvalue weighted by atomic mass is 16.7. The first-order valence-electron chi connectivity index (χ1n) is 8.31. The average molecular weight is 376 g/mol. The fraction of sp³-hybridized carbons (Fsp3) is 0.350. The molecule has 1 unspecified atom stereocenters. The Morgan fingerprint density at radius 1 is 0.926 bits per heavy atom. The number of carbonyl (C=O) groups excluding carboxylic acids is 1. The molecule has 0 aliphatic rings. The Balaban J connectivity index is 2.16. The van der Waals surface area contributed by atoms with E-state index in [1.165, 1.54) is 14.2 Å². The lowest BCUT2D eigenvalue weighted by Crippen LogP contribution is -2.24. The van der Waals surface area contributed by atoms with Crippen LogP contribution < -0.4 is 14.2 Å². The van der Waals surface area contributed by atoms with Gasteiger partial charge in [-0.1, -0.05) is 12.1 Å². The summed E-state index contributed by atoms with van der Waals surface area (Å²) in [6.45, 7) is 0.0275. The lowest BCUT2D eigenvalue weighted by Gasteiger charge is -2.15. The number of aliphatic hydroxyl groups excluding tert-OH is 1. The number of hydrogen-bond acceptors (Lipinski definition) is 7. The Morgan fingerprint density at radius 3 is 2.19 bits per heavy atom. The molecule has 0 amide bonds. The molecule has 0 bridgehead atoms. The molecule has 0 saturated heterocycles. The SMILES string of the molecule is COCOc1ccc(C(=O)C(O)Cc2ccc(OC)cc2)c(OCOC)c1. The minimum absolute atomic E-state index is 0.0391. The molecule has 0 radical (unpaired) electrons. The van der Waals surface area contributed by atoms with Crippen LogP contribution in [-0.4, -0.2) is 51.9 Å². The second-order valence-corrected chi connectivity index (χ2v) is 5.69. The van der Waals surface area contributed by atoms with Crippen LogP contribution >= 0.6 is 0 Å². The van der Waals surface area contributed by atoms with E-state index in [0.717, 1.165) is 5.56 Å². The first-order valence-corrected chi connectivity index (χ1v) is 8.31. The van der Waals surface area contributed by atoms with Crippen molar-refractivity contribution in [2.24, 2.45) is 0 Å². The second-order valence-electron chi connectivity index (χ2n) is 5.69. The molecule has 27 heavy (non-hydrogen) atoms. The number of benzene rings is 2. The standard InChI is InChI=1S/C20H24O7/c1-23-12-26-16-8-9-17(19(11-16)27-13-24-2)20(22)18(21)10-14-4-6-15(25-3)7-5-14/h4-9,11,18,21H,10,12-13H2,1-3H3. The van der Waals surface area contributed by atoms with E-state index in [2.05, 4.69) is 0 Å². The van der Waals surface area contributed by atoms with E-state index in [9.17, 15) is 9.90 Å². The summed E-state index contributed by atoms with van der Waals surface area (Å²) in [5.41, 5.74) is 1.06. The molecule has 0 aliphatic heterocycles. The van der Waals surface area contributed by atoms with Crippen molar-refractivity contribution in [1.29, 1.82) is 0 Å². The van der Waals surface area contributed by atoms with Crippen molar-refractivity contribution in [3.8, 4) is 17.2 Å². The molecule has 2 rings (SSSR count). The van der Waals surface area contributed by atoms with Gasteiger partial charge in [-0.2, -0.15) is 0 Å². The molecule has 2 aromatic carbocycles. The Labute approximate surface area is 158 Å². The van der Waals surface area contributed by atoms with Crippen LogP contribution in [0.3, 0.4) is 0 Å². The zero-order valence-electron chi connectivity index (χ0n) is 15.6. The number of aliphatic hydroxyl groups is 1. The average Bonchev–Trinajstić information content (AvgIpc) is 2.70. The van der Waals surface area contributed by atoms with Crippen molar-refractivity contribution in [3.05, 3.63) is 53.6 Å². The van der Waals surface area contributed by atoms with Gasteiger partial charge in [0.05, 0.1) is 12.7 Å². The Kier molecular flexibility index (Phi) is 8.06. The van der Waals surface area contributed by atoms with Gasteiger partial charge in [-0.25, -0.2) is 0 Å². The van der Waals surface area contributed by atoms with Crippen molar-refractivity contribution in [2.45, 2.75) is 12.5 Å². The first-order chi connectivity index (χ1) is 13.1. The van der Waals surface area contributed by atoms with Gasteiger partial charge in [0.25, 0.3) is 0 Å². The third-order valence-corrected chi connectivity index (χ3v) is 3.79. The van der Waals surface area contributed by atoms with E-state index in [1.54, 1.807) is 49.6 Å². The highest BCUT2D eigenvalue weighted by Crippen LogP contribution is 2.27. The van der Waals surface area contributed by atoms with Crippen LogP contribution in [0.25, 0.3) is 0 Å². The molecule has 0 fully saturated rings. The van der Waals surface area contributed by atoms with Crippen LogP contribution in [0.2, 0.25) is 0 Å². The van der Waals surface area contributed by atoms with Crippen LogP contribution in [0, 0.1) is 0 Å². The van der Waals surface area contributed by atoms with Gasteiger partial charge in [-0.15, -0.1) is 0 Å². The number of ketones is 1. The molecule has 7 nitrogen and oxygen atoms in total. The van der Waals surface area contributed by atoms with Gasteiger partial charge in [0.15, 0.2) is 19.4 Å². The lowest BCUT2D eigenvalue weighted by atomic mass is 9.99. The molecular formula is C20H24O7. The molecule has 0 saturated carbocycles. The number of ether oxygens (including phenoxy) is 5. The van der Waals surface area contributed by atoms with Crippen LogP contribution in [-0.2, 0) is 15.9 Å². The van der Waals surface area contributed by atoms with Crippen molar-refractivity contribution >= 4 is 5.78 Å². The minimum atomic E-state index is -1.21. The maximum Gasteiger partial charge on any atom is 0.195 e.